The van der Waals surface area contributed by atoms with Gasteiger partial charge in [-0.1, -0.05) is 35.9 Å². The second-order valence-corrected chi connectivity index (χ2v) is 9.74. The van der Waals surface area contributed by atoms with Gasteiger partial charge in [-0.2, -0.15) is 0 Å². The molecule has 0 saturated carbocycles. The number of likely N-dealkylation sites (N-methyl/N-ethyl adjacent to an activating group) is 1. The minimum absolute atomic E-state index is 0.0478. The standard InChI is InChI=1S/C26H32ClN3O3/c1-28-13-15-29(16-14-28)24(31)18-26(20-33-23-9-3-2-4-10-23)11-6-12-30(19-26)25(32)21-7-5-8-22(27)17-21/h2-5,7-10,17H,6,11-16,18-20H2,1H3. The maximum atomic E-state index is 13.3. The van der Waals surface area contributed by atoms with Crippen LogP contribution in [-0.2, 0) is 4.79 Å². The number of amides is 2. The average molecular weight is 470 g/mol. The van der Waals surface area contributed by atoms with Crippen LogP contribution in [0.5, 0.6) is 5.75 Å². The van der Waals surface area contributed by atoms with Crippen molar-refractivity contribution in [3.63, 3.8) is 0 Å². The molecule has 0 spiro atoms. The van der Waals surface area contributed by atoms with Gasteiger partial charge in [0.2, 0.25) is 5.91 Å². The predicted molar refractivity (Wildman–Crippen MR) is 130 cm³/mol. The van der Waals surface area contributed by atoms with Crippen LogP contribution in [0.1, 0.15) is 29.6 Å². The zero-order chi connectivity index (χ0) is 23.3. The lowest BCUT2D eigenvalue weighted by atomic mass is 9.77. The van der Waals surface area contributed by atoms with Gasteiger partial charge in [-0.05, 0) is 50.2 Å². The number of piperazine rings is 1. The fourth-order valence-corrected chi connectivity index (χ4v) is 4.93. The van der Waals surface area contributed by atoms with Gasteiger partial charge >= 0.3 is 0 Å². The Morgan fingerprint density at radius 3 is 2.45 bits per heavy atom. The summed E-state index contributed by atoms with van der Waals surface area (Å²) < 4.78 is 6.17. The van der Waals surface area contributed by atoms with Crippen molar-refractivity contribution in [3.8, 4) is 5.75 Å². The summed E-state index contributed by atoms with van der Waals surface area (Å²) in [5.41, 5.74) is 0.149. The van der Waals surface area contributed by atoms with Crippen molar-refractivity contribution in [1.82, 2.24) is 14.7 Å². The second-order valence-electron chi connectivity index (χ2n) is 9.30. The molecule has 0 N–H and O–H groups in total. The fourth-order valence-electron chi connectivity index (χ4n) is 4.74. The summed E-state index contributed by atoms with van der Waals surface area (Å²) in [6.07, 6.45) is 2.06. The number of hydrogen-bond donors (Lipinski definition) is 0. The van der Waals surface area contributed by atoms with Gasteiger partial charge in [0.1, 0.15) is 5.75 Å². The Labute approximate surface area is 201 Å². The van der Waals surface area contributed by atoms with Gasteiger partial charge in [0.15, 0.2) is 0 Å². The number of carbonyl (C=O) groups excluding carboxylic acids is 2. The summed E-state index contributed by atoms with van der Waals surface area (Å²) in [6.45, 7) is 4.82. The highest BCUT2D eigenvalue weighted by molar-refractivity contribution is 6.30. The number of ether oxygens (including phenoxy) is 1. The van der Waals surface area contributed by atoms with Gasteiger partial charge in [0.25, 0.3) is 5.91 Å². The third-order valence-electron chi connectivity index (χ3n) is 6.69. The molecular formula is C26H32ClN3O3. The number of rotatable bonds is 6. The lowest BCUT2D eigenvalue weighted by molar-refractivity contribution is -0.137. The summed E-state index contributed by atoms with van der Waals surface area (Å²) >= 11 is 6.12. The van der Waals surface area contributed by atoms with E-state index in [0.29, 0.717) is 36.7 Å². The second kappa shape index (κ2) is 10.6. The molecule has 7 heteroatoms. The van der Waals surface area contributed by atoms with E-state index in [1.165, 1.54) is 0 Å². The van der Waals surface area contributed by atoms with Crippen LogP contribution in [0.4, 0.5) is 0 Å². The maximum absolute atomic E-state index is 13.3. The average Bonchev–Trinajstić information content (AvgIpc) is 2.83. The van der Waals surface area contributed by atoms with Crippen LogP contribution in [0, 0.1) is 5.41 Å². The molecule has 1 atom stereocenters. The topological polar surface area (TPSA) is 53.1 Å². The van der Waals surface area contributed by atoms with Crippen LogP contribution in [0.15, 0.2) is 54.6 Å². The molecule has 2 aromatic carbocycles. The Morgan fingerprint density at radius 1 is 0.970 bits per heavy atom. The van der Waals surface area contributed by atoms with Crippen molar-refractivity contribution in [2.75, 3.05) is 52.9 Å². The Bertz CT molecular complexity index is 962. The third kappa shape index (κ3) is 6.06. The van der Waals surface area contributed by atoms with Crippen molar-refractivity contribution >= 4 is 23.4 Å². The Morgan fingerprint density at radius 2 is 1.73 bits per heavy atom. The summed E-state index contributed by atoms with van der Waals surface area (Å²) in [5, 5.41) is 0.543. The molecule has 0 aromatic heterocycles. The minimum Gasteiger partial charge on any atom is -0.493 e. The van der Waals surface area contributed by atoms with E-state index in [1.807, 2.05) is 40.1 Å². The van der Waals surface area contributed by atoms with Crippen molar-refractivity contribution < 1.29 is 14.3 Å². The van der Waals surface area contributed by atoms with Crippen LogP contribution in [0.3, 0.4) is 0 Å². The zero-order valence-corrected chi connectivity index (χ0v) is 20.0. The molecule has 0 radical (unpaired) electrons. The van der Waals surface area contributed by atoms with E-state index in [0.717, 1.165) is 44.8 Å². The van der Waals surface area contributed by atoms with Gasteiger partial charge < -0.3 is 19.4 Å². The molecule has 1 unspecified atom stereocenters. The molecule has 2 saturated heterocycles. The van der Waals surface area contributed by atoms with E-state index in [4.69, 9.17) is 16.3 Å². The molecule has 2 aromatic rings. The number of hydrogen-bond acceptors (Lipinski definition) is 4. The number of para-hydroxylation sites is 1. The number of nitrogens with zero attached hydrogens (tertiary/aromatic N) is 3. The summed E-state index contributed by atoms with van der Waals surface area (Å²) in [6, 6.07) is 16.7. The number of piperidine rings is 1. The Kier molecular flexibility index (Phi) is 7.56. The van der Waals surface area contributed by atoms with E-state index in [2.05, 4.69) is 11.9 Å². The fraction of sp³-hybridized carbons (Fsp3) is 0.462. The Hall–Kier alpha value is -2.57. The molecular weight excluding hydrogens is 438 g/mol. The van der Waals surface area contributed by atoms with E-state index < -0.39 is 5.41 Å². The number of carbonyl (C=O) groups is 2. The van der Waals surface area contributed by atoms with E-state index in [1.54, 1.807) is 24.3 Å². The largest absolute Gasteiger partial charge is 0.493 e. The monoisotopic (exact) mass is 469 g/mol. The number of likely N-dealkylation sites (tertiary alicyclic amines) is 1. The SMILES string of the molecule is CN1CCN(C(=O)CC2(COc3ccccc3)CCCN(C(=O)c3cccc(Cl)c3)C2)CC1. The van der Waals surface area contributed by atoms with Crippen LogP contribution in [0.25, 0.3) is 0 Å². The van der Waals surface area contributed by atoms with Gasteiger partial charge in [-0.15, -0.1) is 0 Å². The first-order chi connectivity index (χ1) is 15.9. The predicted octanol–water partition coefficient (Wildman–Crippen LogP) is 3.81. The molecule has 2 heterocycles. The van der Waals surface area contributed by atoms with Crippen molar-refractivity contribution in [2.24, 2.45) is 5.41 Å². The van der Waals surface area contributed by atoms with Crippen molar-refractivity contribution in [2.45, 2.75) is 19.3 Å². The molecule has 4 rings (SSSR count). The zero-order valence-electron chi connectivity index (χ0n) is 19.2. The lowest BCUT2D eigenvalue weighted by Crippen LogP contribution is -2.53. The van der Waals surface area contributed by atoms with E-state index in [9.17, 15) is 9.59 Å². The summed E-state index contributed by atoms with van der Waals surface area (Å²) in [4.78, 5) is 32.6. The van der Waals surface area contributed by atoms with E-state index in [-0.39, 0.29) is 11.8 Å². The van der Waals surface area contributed by atoms with Crippen LogP contribution in [0.2, 0.25) is 5.02 Å². The highest BCUT2D eigenvalue weighted by atomic mass is 35.5. The van der Waals surface area contributed by atoms with Gasteiger partial charge in [0.05, 0.1) is 6.61 Å². The summed E-state index contributed by atoms with van der Waals surface area (Å²) in [5.74, 6) is 0.882. The molecule has 176 valence electrons. The molecule has 6 nitrogen and oxygen atoms in total. The highest BCUT2D eigenvalue weighted by Gasteiger charge is 2.41. The Balaban J connectivity index is 1.52. The van der Waals surface area contributed by atoms with Crippen LogP contribution < -0.4 is 4.74 Å². The van der Waals surface area contributed by atoms with Gasteiger partial charge in [-0.25, -0.2) is 0 Å². The van der Waals surface area contributed by atoms with Crippen LogP contribution in [-0.4, -0.2) is 79.4 Å². The molecule has 2 amide bonds. The molecule has 0 aliphatic carbocycles. The minimum atomic E-state index is -0.428. The van der Waals surface area contributed by atoms with Crippen molar-refractivity contribution in [1.29, 1.82) is 0 Å². The molecule has 2 fully saturated rings. The van der Waals surface area contributed by atoms with Gasteiger partial charge in [-0.3, -0.25) is 9.59 Å². The first-order valence-corrected chi connectivity index (χ1v) is 12.0. The third-order valence-corrected chi connectivity index (χ3v) is 6.93. The van der Waals surface area contributed by atoms with Gasteiger partial charge in [0, 0.05) is 61.7 Å². The number of benzene rings is 2. The lowest BCUT2D eigenvalue weighted by Gasteiger charge is -2.43. The quantitative estimate of drug-likeness (QED) is 0.645. The molecule has 2 aliphatic rings. The first-order valence-electron chi connectivity index (χ1n) is 11.6. The van der Waals surface area contributed by atoms with Crippen LogP contribution >= 0.6 is 11.6 Å². The normalized spacial score (nSPS) is 21.6. The van der Waals surface area contributed by atoms with E-state index >= 15 is 0 Å². The highest BCUT2D eigenvalue weighted by Crippen LogP contribution is 2.36. The number of halogens is 1. The molecule has 0 bridgehead atoms. The van der Waals surface area contributed by atoms with Crippen molar-refractivity contribution in [3.05, 3.63) is 65.2 Å². The summed E-state index contributed by atoms with van der Waals surface area (Å²) in [7, 11) is 2.08. The first kappa shape index (κ1) is 23.6. The maximum Gasteiger partial charge on any atom is 0.253 e. The molecule has 33 heavy (non-hydrogen) atoms. The smallest absolute Gasteiger partial charge is 0.253 e. The molecule has 2 aliphatic heterocycles.